The molecule has 2 amide bonds. The Morgan fingerprint density at radius 3 is 2.84 bits per heavy atom. The van der Waals surface area contributed by atoms with Crippen molar-refractivity contribution in [3.05, 3.63) is 29.7 Å². The summed E-state index contributed by atoms with van der Waals surface area (Å²) in [6.45, 7) is 3.55. The van der Waals surface area contributed by atoms with Crippen molar-refractivity contribution in [1.29, 1.82) is 0 Å². The van der Waals surface area contributed by atoms with Crippen molar-refractivity contribution >= 4 is 17.9 Å². The minimum absolute atomic E-state index is 0.0442. The number of rotatable bonds is 4. The van der Waals surface area contributed by atoms with Crippen LogP contribution in [0, 0.1) is 5.92 Å². The fourth-order valence-corrected chi connectivity index (χ4v) is 4.25. The van der Waals surface area contributed by atoms with Crippen LogP contribution < -0.4 is 0 Å². The number of aryl methyl sites for hydroxylation is 1. The Morgan fingerprint density at radius 2 is 2.12 bits per heavy atom. The number of hydrogen-bond donors (Lipinski definition) is 0. The Morgan fingerprint density at radius 1 is 1.28 bits per heavy atom. The third-order valence-corrected chi connectivity index (χ3v) is 5.74. The lowest BCUT2D eigenvalue weighted by atomic mass is 9.83. The summed E-state index contributed by atoms with van der Waals surface area (Å²) in [5.74, 6) is 2.46. The topological polar surface area (TPSA) is 53.8 Å². The Balaban J connectivity index is 1.38. The van der Waals surface area contributed by atoms with Gasteiger partial charge in [0.15, 0.2) is 0 Å². The van der Waals surface area contributed by atoms with E-state index in [1.54, 1.807) is 12.2 Å². The Kier molecular flexibility index (Phi) is 4.40. The molecule has 3 fully saturated rings. The second-order valence-corrected chi connectivity index (χ2v) is 7.46. The number of piperidine rings is 2. The first-order valence-corrected chi connectivity index (χ1v) is 9.52. The van der Waals surface area contributed by atoms with Crippen LogP contribution in [-0.2, 0) is 16.0 Å². The number of furan rings is 1. The van der Waals surface area contributed by atoms with Gasteiger partial charge in [0, 0.05) is 44.1 Å². The first-order valence-electron chi connectivity index (χ1n) is 9.52. The molecule has 1 aromatic heterocycles. The molecule has 2 unspecified atom stereocenters. The number of hydrogen-bond acceptors (Lipinski definition) is 3. The van der Waals surface area contributed by atoms with E-state index in [2.05, 4.69) is 4.90 Å². The van der Waals surface area contributed by atoms with Gasteiger partial charge < -0.3 is 14.2 Å². The van der Waals surface area contributed by atoms with Crippen LogP contribution in [0.2, 0.25) is 0 Å². The zero-order chi connectivity index (χ0) is 17.4. The van der Waals surface area contributed by atoms with Crippen LogP contribution in [0.4, 0.5) is 0 Å². The lowest BCUT2D eigenvalue weighted by molar-refractivity contribution is -0.143. The molecule has 4 rings (SSSR count). The maximum Gasteiger partial charge on any atom is 0.246 e. The van der Waals surface area contributed by atoms with E-state index < -0.39 is 0 Å². The van der Waals surface area contributed by atoms with Gasteiger partial charge in [-0.1, -0.05) is 6.92 Å². The molecule has 3 aliphatic rings. The van der Waals surface area contributed by atoms with Crippen LogP contribution in [0.3, 0.4) is 0 Å². The number of likely N-dealkylation sites (tertiary alicyclic amines) is 2. The van der Waals surface area contributed by atoms with Gasteiger partial charge in [0.2, 0.25) is 11.8 Å². The average Bonchev–Trinajstić information content (AvgIpc) is 3.36. The second kappa shape index (κ2) is 6.70. The zero-order valence-electron chi connectivity index (χ0n) is 14.8. The van der Waals surface area contributed by atoms with Gasteiger partial charge >= 0.3 is 0 Å². The van der Waals surface area contributed by atoms with E-state index in [-0.39, 0.29) is 5.91 Å². The summed E-state index contributed by atoms with van der Waals surface area (Å²) in [5, 5.41) is 0. The highest BCUT2D eigenvalue weighted by Crippen LogP contribution is 2.39. The van der Waals surface area contributed by atoms with Crippen molar-refractivity contribution in [1.82, 2.24) is 9.80 Å². The van der Waals surface area contributed by atoms with Crippen molar-refractivity contribution in [2.45, 2.75) is 57.5 Å². The molecule has 0 bridgehead atoms. The Hall–Kier alpha value is -2.04. The number of nitrogens with zero attached hydrogens (tertiary/aromatic N) is 2. The summed E-state index contributed by atoms with van der Waals surface area (Å²) in [4.78, 5) is 28.9. The largest absolute Gasteiger partial charge is 0.462 e. The lowest BCUT2D eigenvalue weighted by Gasteiger charge is -2.47. The fraction of sp³-hybridized carbons (Fsp3) is 0.600. The van der Waals surface area contributed by atoms with Gasteiger partial charge in [0.05, 0.1) is 0 Å². The van der Waals surface area contributed by atoms with Gasteiger partial charge in [-0.2, -0.15) is 0 Å². The predicted molar refractivity (Wildman–Crippen MR) is 94.7 cm³/mol. The summed E-state index contributed by atoms with van der Waals surface area (Å²) < 4.78 is 5.61. The maximum atomic E-state index is 12.5. The summed E-state index contributed by atoms with van der Waals surface area (Å²) in [7, 11) is 0. The smallest absolute Gasteiger partial charge is 0.246 e. The molecule has 2 aliphatic heterocycles. The Labute approximate surface area is 148 Å². The van der Waals surface area contributed by atoms with Crippen LogP contribution >= 0.6 is 0 Å². The van der Waals surface area contributed by atoms with Gasteiger partial charge in [0.25, 0.3) is 0 Å². The van der Waals surface area contributed by atoms with E-state index >= 15 is 0 Å². The van der Waals surface area contributed by atoms with Crippen LogP contribution in [0.15, 0.2) is 22.6 Å². The van der Waals surface area contributed by atoms with Crippen LogP contribution in [0.1, 0.15) is 50.5 Å². The molecule has 1 aromatic rings. The standard InChI is InChI=1S/C20H26N2O3/c1-2-16-6-7-17(25-16)8-10-19(23)21-12-11-18-14(13-21)3-9-20(24)22(18)15-4-5-15/h6-8,10,14-15,18H,2-5,9,11-13H2,1H3/b10-8+. The minimum atomic E-state index is 0.0442. The molecule has 0 N–H and O–H groups in total. The van der Waals surface area contributed by atoms with Crippen LogP contribution in [0.25, 0.3) is 6.08 Å². The number of fused-ring (bicyclic) bond motifs is 1. The van der Waals surface area contributed by atoms with Gasteiger partial charge in [-0.3, -0.25) is 9.59 Å². The third-order valence-electron chi connectivity index (χ3n) is 5.74. The molecule has 2 saturated heterocycles. The van der Waals surface area contributed by atoms with Crippen LogP contribution in [-0.4, -0.2) is 46.8 Å². The van der Waals surface area contributed by atoms with Gasteiger partial charge in [-0.15, -0.1) is 0 Å². The van der Waals surface area contributed by atoms with Crippen molar-refractivity contribution in [2.24, 2.45) is 5.92 Å². The zero-order valence-corrected chi connectivity index (χ0v) is 14.8. The molecular weight excluding hydrogens is 316 g/mol. The van der Waals surface area contributed by atoms with Crippen molar-refractivity contribution in [3.63, 3.8) is 0 Å². The van der Waals surface area contributed by atoms with E-state index in [4.69, 9.17) is 4.42 Å². The minimum Gasteiger partial charge on any atom is -0.462 e. The molecule has 1 aliphatic carbocycles. The van der Waals surface area contributed by atoms with Crippen molar-refractivity contribution < 1.29 is 14.0 Å². The van der Waals surface area contributed by atoms with E-state index in [1.807, 2.05) is 24.0 Å². The molecule has 25 heavy (non-hydrogen) atoms. The lowest BCUT2D eigenvalue weighted by Crippen LogP contribution is -2.57. The molecule has 0 spiro atoms. The quantitative estimate of drug-likeness (QED) is 0.791. The molecule has 0 aromatic carbocycles. The molecule has 2 atom stereocenters. The summed E-state index contributed by atoms with van der Waals surface area (Å²) >= 11 is 0. The van der Waals surface area contributed by atoms with E-state index in [0.29, 0.717) is 30.3 Å². The molecular formula is C20H26N2O3. The first kappa shape index (κ1) is 16.4. The summed E-state index contributed by atoms with van der Waals surface area (Å²) in [5.41, 5.74) is 0. The average molecular weight is 342 g/mol. The van der Waals surface area contributed by atoms with Gasteiger partial charge in [-0.05, 0) is 49.8 Å². The first-order chi connectivity index (χ1) is 12.2. The molecule has 134 valence electrons. The van der Waals surface area contributed by atoms with Gasteiger partial charge in [0.1, 0.15) is 11.5 Å². The van der Waals surface area contributed by atoms with Crippen LogP contribution in [0.5, 0.6) is 0 Å². The number of carbonyl (C=O) groups excluding carboxylic acids is 2. The molecule has 3 heterocycles. The van der Waals surface area contributed by atoms with E-state index in [1.165, 1.54) is 0 Å². The molecule has 5 heteroatoms. The van der Waals surface area contributed by atoms with E-state index in [9.17, 15) is 9.59 Å². The highest BCUT2D eigenvalue weighted by molar-refractivity contribution is 5.91. The third kappa shape index (κ3) is 3.37. The van der Waals surface area contributed by atoms with Crippen molar-refractivity contribution in [3.8, 4) is 0 Å². The predicted octanol–water partition coefficient (Wildman–Crippen LogP) is 2.86. The molecule has 5 nitrogen and oxygen atoms in total. The maximum absolute atomic E-state index is 12.5. The fourth-order valence-electron chi connectivity index (χ4n) is 4.25. The SMILES string of the molecule is CCc1ccc(/C=C/C(=O)N2CCC3C(CCC(=O)N3C3CC3)C2)o1. The van der Waals surface area contributed by atoms with E-state index in [0.717, 1.165) is 56.7 Å². The van der Waals surface area contributed by atoms with Crippen molar-refractivity contribution in [2.75, 3.05) is 13.1 Å². The Bertz CT molecular complexity index is 689. The molecule has 0 radical (unpaired) electrons. The second-order valence-electron chi connectivity index (χ2n) is 7.46. The van der Waals surface area contributed by atoms with Gasteiger partial charge in [-0.25, -0.2) is 0 Å². The number of carbonyl (C=O) groups is 2. The normalized spacial score (nSPS) is 27.0. The number of amides is 2. The summed E-state index contributed by atoms with van der Waals surface area (Å²) in [6.07, 6.45) is 9.01. The summed E-state index contributed by atoms with van der Waals surface area (Å²) in [6, 6.07) is 4.67. The highest BCUT2D eigenvalue weighted by atomic mass is 16.3. The molecule has 1 saturated carbocycles. The highest BCUT2D eigenvalue weighted by Gasteiger charge is 2.45. The monoisotopic (exact) mass is 342 g/mol.